The van der Waals surface area contributed by atoms with E-state index >= 15 is 0 Å². The van der Waals surface area contributed by atoms with E-state index in [0.717, 1.165) is 28.3 Å². The zero-order valence-electron chi connectivity index (χ0n) is 13.6. The lowest BCUT2D eigenvalue weighted by molar-refractivity contribution is 0.0598. The number of hydrogen-bond donors (Lipinski definition) is 1. The SMILES string of the molecule is COC(=O)c1ccc(Cl)c2c1[C@@H]1C=CC[C@H]1[C@@H](c1ccccc1Cl)N2. The second-order valence-electron chi connectivity index (χ2n) is 6.37. The van der Waals surface area contributed by atoms with Gasteiger partial charge in [-0.1, -0.05) is 53.6 Å². The molecule has 0 spiro atoms. The highest BCUT2D eigenvalue weighted by atomic mass is 35.5. The van der Waals surface area contributed by atoms with Gasteiger partial charge in [-0.15, -0.1) is 0 Å². The molecule has 0 unspecified atom stereocenters. The van der Waals surface area contributed by atoms with Crippen LogP contribution < -0.4 is 5.32 Å². The molecule has 2 aliphatic rings. The van der Waals surface area contributed by atoms with Crippen LogP contribution in [-0.4, -0.2) is 13.1 Å². The average Bonchev–Trinajstić information content (AvgIpc) is 3.11. The summed E-state index contributed by atoms with van der Waals surface area (Å²) in [5.41, 5.74) is 3.32. The van der Waals surface area contributed by atoms with Crippen molar-refractivity contribution >= 4 is 34.9 Å². The topological polar surface area (TPSA) is 38.3 Å². The summed E-state index contributed by atoms with van der Waals surface area (Å²) in [5.74, 6) is 0.0320. The van der Waals surface area contributed by atoms with E-state index in [1.54, 1.807) is 12.1 Å². The first kappa shape index (κ1) is 16.5. The molecule has 0 aromatic heterocycles. The number of nitrogens with one attached hydrogen (secondary N) is 1. The smallest absolute Gasteiger partial charge is 0.338 e. The first-order valence-electron chi connectivity index (χ1n) is 8.20. The van der Waals surface area contributed by atoms with Crippen molar-refractivity contribution in [3.05, 3.63) is 75.3 Å². The van der Waals surface area contributed by atoms with Crippen LogP contribution in [-0.2, 0) is 4.74 Å². The Bertz CT molecular complexity index is 878. The highest BCUT2D eigenvalue weighted by Gasteiger charge is 2.41. The molecule has 1 N–H and O–H groups in total. The fourth-order valence-corrected chi connectivity index (χ4v) is 4.47. The molecule has 2 aromatic rings. The average molecular weight is 374 g/mol. The summed E-state index contributed by atoms with van der Waals surface area (Å²) in [5, 5.41) is 4.88. The molecule has 0 saturated heterocycles. The van der Waals surface area contributed by atoms with Crippen LogP contribution in [0.2, 0.25) is 10.0 Å². The van der Waals surface area contributed by atoms with Crippen LogP contribution in [0.1, 0.15) is 39.9 Å². The molecule has 1 heterocycles. The van der Waals surface area contributed by atoms with E-state index in [-0.39, 0.29) is 23.8 Å². The summed E-state index contributed by atoms with van der Waals surface area (Å²) in [6, 6.07) is 11.4. The van der Waals surface area contributed by atoms with Gasteiger partial charge in [0, 0.05) is 10.9 Å². The molecule has 2 aromatic carbocycles. The summed E-state index contributed by atoms with van der Waals surface area (Å²) in [4.78, 5) is 12.3. The van der Waals surface area contributed by atoms with Crippen molar-refractivity contribution < 1.29 is 9.53 Å². The Labute approximate surface area is 156 Å². The molecular formula is C20H17Cl2NO2. The van der Waals surface area contributed by atoms with Crippen LogP contribution >= 0.6 is 23.2 Å². The van der Waals surface area contributed by atoms with Gasteiger partial charge in [0.2, 0.25) is 0 Å². The standard InChI is InChI=1S/C20H17Cl2NO2/c1-25-20(24)14-9-10-16(22)19-17(14)11-6-4-7-12(11)18(23-19)13-5-2-3-8-15(13)21/h2-6,8-12,18,23H,7H2,1H3/t11-,12-,18+/m1/s1. The van der Waals surface area contributed by atoms with E-state index in [1.165, 1.54) is 7.11 Å². The molecule has 5 heteroatoms. The van der Waals surface area contributed by atoms with Crippen molar-refractivity contribution in [1.82, 2.24) is 0 Å². The molecule has 0 fully saturated rings. The number of carbonyl (C=O) groups is 1. The van der Waals surface area contributed by atoms with Gasteiger partial charge >= 0.3 is 5.97 Å². The third-order valence-corrected chi connectivity index (χ3v) is 5.77. The summed E-state index contributed by atoms with van der Waals surface area (Å²) in [6.45, 7) is 0. The highest BCUT2D eigenvalue weighted by molar-refractivity contribution is 6.34. The number of ether oxygens (including phenoxy) is 1. The first-order chi connectivity index (χ1) is 12.1. The normalized spacial score (nSPS) is 23.6. The zero-order valence-corrected chi connectivity index (χ0v) is 15.1. The van der Waals surface area contributed by atoms with E-state index < -0.39 is 0 Å². The van der Waals surface area contributed by atoms with Crippen LogP contribution in [0.5, 0.6) is 0 Å². The number of fused-ring (bicyclic) bond motifs is 3. The van der Waals surface area contributed by atoms with E-state index in [1.807, 2.05) is 24.3 Å². The minimum atomic E-state index is -0.343. The quantitative estimate of drug-likeness (QED) is 0.549. The number of carbonyl (C=O) groups excluding carboxylic acids is 1. The lowest BCUT2D eigenvalue weighted by Crippen LogP contribution is -2.31. The maximum Gasteiger partial charge on any atom is 0.338 e. The molecule has 128 valence electrons. The molecule has 0 radical (unpaired) electrons. The highest BCUT2D eigenvalue weighted by Crippen LogP contribution is 2.53. The predicted octanol–water partition coefficient (Wildman–Crippen LogP) is 5.61. The van der Waals surface area contributed by atoms with Crippen LogP contribution in [0.3, 0.4) is 0 Å². The van der Waals surface area contributed by atoms with Gasteiger partial charge in [-0.05, 0) is 41.7 Å². The maximum atomic E-state index is 12.3. The van der Waals surface area contributed by atoms with Crippen LogP contribution in [0.4, 0.5) is 5.69 Å². The Balaban J connectivity index is 1.89. The summed E-state index contributed by atoms with van der Waals surface area (Å²) >= 11 is 12.9. The maximum absolute atomic E-state index is 12.3. The minimum Gasteiger partial charge on any atom is -0.465 e. The molecular weight excluding hydrogens is 357 g/mol. The van der Waals surface area contributed by atoms with E-state index in [9.17, 15) is 4.79 Å². The van der Waals surface area contributed by atoms with Gasteiger partial charge in [-0.3, -0.25) is 0 Å². The van der Waals surface area contributed by atoms with Gasteiger partial charge in [0.15, 0.2) is 0 Å². The van der Waals surface area contributed by atoms with Crippen molar-refractivity contribution in [3.63, 3.8) is 0 Å². The molecule has 1 aliphatic heterocycles. The zero-order chi connectivity index (χ0) is 17.6. The van der Waals surface area contributed by atoms with Crippen LogP contribution in [0.15, 0.2) is 48.6 Å². The summed E-state index contributed by atoms with van der Waals surface area (Å²) in [6.07, 6.45) is 5.25. The molecule has 0 saturated carbocycles. The third kappa shape index (κ3) is 2.62. The fraction of sp³-hybridized carbons (Fsp3) is 0.250. The molecule has 1 aliphatic carbocycles. The van der Waals surface area contributed by atoms with E-state index in [2.05, 4.69) is 17.5 Å². The van der Waals surface area contributed by atoms with Crippen molar-refractivity contribution in [2.24, 2.45) is 5.92 Å². The number of methoxy groups -OCH3 is 1. The molecule has 3 nitrogen and oxygen atoms in total. The Morgan fingerprint density at radius 3 is 2.72 bits per heavy atom. The summed E-state index contributed by atoms with van der Waals surface area (Å²) < 4.78 is 4.97. The predicted molar refractivity (Wildman–Crippen MR) is 101 cm³/mol. The Hall–Kier alpha value is -1.97. The number of benzene rings is 2. The molecule has 25 heavy (non-hydrogen) atoms. The number of allylic oxidation sites excluding steroid dienone is 2. The Morgan fingerprint density at radius 2 is 1.96 bits per heavy atom. The van der Waals surface area contributed by atoms with E-state index in [4.69, 9.17) is 27.9 Å². The Kier molecular flexibility index (Phi) is 4.22. The van der Waals surface area contributed by atoms with Gasteiger partial charge in [0.05, 0.1) is 29.4 Å². The molecule has 4 rings (SSSR count). The number of rotatable bonds is 2. The minimum absolute atomic E-state index is 0.0339. The van der Waals surface area contributed by atoms with Crippen LogP contribution in [0.25, 0.3) is 0 Å². The second kappa shape index (κ2) is 6.40. The molecule has 0 amide bonds. The van der Waals surface area contributed by atoms with Crippen molar-refractivity contribution in [2.45, 2.75) is 18.4 Å². The third-order valence-electron chi connectivity index (χ3n) is 5.11. The monoisotopic (exact) mass is 373 g/mol. The molecule has 3 atom stereocenters. The molecule has 0 bridgehead atoms. The van der Waals surface area contributed by atoms with Crippen molar-refractivity contribution in [2.75, 3.05) is 12.4 Å². The number of anilines is 1. The Morgan fingerprint density at radius 1 is 1.16 bits per heavy atom. The lowest BCUT2D eigenvalue weighted by atomic mass is 9.75. The fourth-order valence-electron chi connectivity index (χ4n) is 4.00. The summed E-state index contributed by atoms with van der Waals surface area (Å²) in [7, 11) is 1.40. The van der Waals surface area contributed by atoms with Gasteiger partial charge in [0.25, 0.3) is 0 Å². The largest absolute Gasteiger partial charge is 0.465 e. The number of hydrogen-bond acceptors (Lipinski definition) is 3. The van der Waals surface area contributed by atoms with Crippen LogP contribution in [0, 0.1) is 5.92 Å². The number of esters is 1. The lowest BCUT2D eigenvalue weighted by Gasteiger charge is -2.39. The second-order valence-corrected chi connectivity index (χ2v) is 7.19. The first-order valence-corrected chi connectivity index (χ1v) is 8.95. The number of halogens is 2. The van der Waals surface area contributed by atoms with Gasteiger partial charge in [0.1, 0.15) is 0 Å². The van der Waals surface area contributed by atoms with Crippen molar-refractivity contribution in [3.8, 4) is 0 Å². The van der Waals surface area contributed by atoms with Gasteiger partial charge in [-0.2, -0.15) is 0 Å². The van der Waals surface area contributed by atoms with Gasteiger partial charge in [-0.25, -0.2) is 4.79 Å². The van der Waals surface area contributed by atoms with Gasteiger partial charge < -0.3 is 10.1 Å². The van der Waals surface area contributed by atoms with Crippen molar-refractivity contribution in [1.29, 1.82) is 0 Å². The van der Waals surface area contributed by atoms with E-state index in [0.29, 0.717) is 10.6 Å².